The number of carbonyl (C=O) groups excluding carboxylic acids is 1. The Morgan fingerprint density at radius 1 is 1.26 bits per heavy atom. The van der Waals surface area contributed by atoms with Gasteiger partial charge in [0.05, 0.1) is 0 Å². The summed E-state index contributed by atoms with van der Waals surface area (Å²) in [6.45, 7) is 0. The molecule has 0 aliphatic rings. The van der Waals surface area contributed by atoms with Gasteiger partial charge in [0, 0.05) is 17.3 Å². The molecule has 0 saturated carbocycles. The first-order valence-corrected chi connectivity index (χ1v) is 8.11. The fourth-order valence-electron chi connectivity index (χ4n) is 2.59. The minimum absolute atomic E-state index is 0.125. The van der Waals surface area contributed by atoms with Crippen molar-refractivity contribution in [1.29, 1.82) is 0 Å². The number of hydrogen-bond acceptors (Lipinski definition) is 4. The van der Waals surface area contributed by atoms with Gasteiger partial charge in [-0.05, 0) is 60.1 Å². The van der Waals surface area contributed by atoms with E-state index in [-0.39, 0.29) is 17.5 Å². The van der Waals surface area contributed by atoms with Crippen LogP contribution >= 0.6 is 11.3 Å². The molecular formula is C17H17N3O2S. The van der Waals surface area contributed by atoms with E-state index in [2.05, 4.69) is 10.3 Å². The molecule has 3 aromatic rings. The van der Waals surface area contributed by atoms with Crippen LogP contribution in [0.15, 0.2) is 52.1 Å². The zero-order valence-corrected chi connectivity index (χ0v) is 13.7. The van der Waals surface area contributed by atoms with Gasteiger partial charge in [-0.1, -0.05) is 6.07 Å². The molecule has 0 bridgehead atoms. The summed E-state index contributed by atoms with van der Waals surface area (Å²) in [5.41, 5.74) is 1.40. The second-order valence-corrected chi connectivity index (χ2v) is 6.30. The number of fused-ring (bicyclic) bond motifs is 1. The highest BCUT2D eigenvalue weighted by Gasteiger charge is 2.23. The van der Waals surface area contributed by atoms with Crippen molar-refractivity contribution in [2.24, 2.45) is 0 Å². The molecule has 1 unspecified atom stereocenters. The lowest BCUT2D eigenvalue weighted by atomic mass is 10.1. The normalized spacial score (nSPS) is 12.5. The van der Waals surface area contributed by atoms with Crippen LogP contribution in [0.4, 0.5) is 5.69 Å². The van der Waals surface area contributed by atoms with Gasteiger partial charge in [-0.15, -0.1) is 0 Å². The van der Waals surface area contributed by atoms with E-state index in [1.165, 1.54) is 0 Å². The van der Waals surface area contributed by atoms with Gasteiger partial charge in [-0.2, -0.15) is 11.3 Å². The largest absolute Gasteiger partial charge is 0.329 e. The average molecular weight is 327 g/mol. The van der Waals surface area contributed by atoms with E-state index in [0.29, 0.717) is 11.1 Å². The number of likely N-dealkylation sites (N-methyl/N-ethyl adjacent to an activating group) is 1. The molecule has 23 heavy (non-hydrogen) atoms. The summed E-state index contributed by atoms with van der Waals surface area (Å²) in [4.78, 5) is 29.0. The minimum atomic E-state index is -0.369. The van der Waals surface area contributed by atoms with E-state index in [0.717, 1.165) is 10.9 Å². The predicted octanol–water partition coefficient (Wildman–Crippen LogP) is 2.83. The predicted molar refractivity (Wildman–Crippen MR) is 93.9 cm³/mol. The van der Waals surface area contributed by atoms with Crippen molar-refractivity contribution < 1.29 is 4.79 Å². The smallest absolute Gasteiger partial charge is 0.255 e. The highest BCUT2D eigenvalue weighted by Crippen LogP contribution is 2.23. The van der Waals surface area contributed by atoms with Crippen molar-refractivity contribution in [3.8, 4) is 0 Å². The summed E-state index contributed by atoms with van der Waals surface area (Å²) in [5.74, 6) is -0.125. The van der Waals surface area contributed by atoms with E-state index in [4.69, 9.17) is 0 Å². The molecule has 1 atom stereocenters. The third-order valence-corrected chi connectivity index (χ3v) is 4.37. The lowest BCUT2D eigenvalue weighted by Gasteiger charge is -2.22. The van der Waals surface area contributed by atoms with Crippen LogP contribution in [0.25, 0.3) is 10.8 Å². The zero-order valence-electron chi connectivity index (χ0n) is 12.9. The first-order chi connectivity index (χ1) is 11.1. The molecule has 1 aromatic carbocycles. The van der Waals surface area contributed by atoms with Crippen LogP contribution in [0.5, 0.6) is 0 Å². The van der Waals surface area contributed by atoms with Gasteiger partial charge in [0.2, 0.25) is 5.91 Å². The molecular weight excluding hydrogens is 310 g/mol. The van der Waals surface area contributed by atoms with Crippen LogP contribution in [0, 0.1) is 0 Å². The zero-order chi connectivity index (χ0) is 16.4. The van der Waals surface area contributed by atoms with Gasteiger partial charge in [0.1, 0.15) is 6.04 Å². The van der Waals surface area contributed by atoms with E-state index in [1.54, 1.807) is 29.7 Å². The Hall–Kier alpha value is -2.44. The van der Waals surface area contributed by atoms with Gasteiger partial charge in [-0.3, -0.25) is 14.5 Å². The van der Waals surface area contributed by atoms with Crippen molar-refractivity contribution in [3.05, 3.63) is 63.2 Å². The molecule has 2 aromatic heterocycles. The number of aromatic nitrogens is 1. The first-order valence-electron chi connectivity index (χ1n) is 7.17. The number of H-pyrrole nitrogens is 1. The Morgan fingerprint density at radius 2 is 2.09 bits per heavy atom. The van der Waals surface area contributed by atoms with Crippen LogP contribution in [0.2, 0.25) is 0 Å². The second-order valence-electron chi connectivity index (χ2n) is 5.52. The molecule has 0 aliphatic carbocycles. The third kappa shape index (κ3) is 3.18. The summed E-state index contributed by atoms with van der Waals surface area (Å²) in [6, 6.07) is 8.74. The Labute approximate surface area is 137 Å². The third-order valence-electron chi connectivity index (χ3n) is 3.67. The number of aromatic amines is 1. The molecule has 0 aliphatic heterocycles. The number of hydrogen-bond donors (Lipinski definition) is 2. The topological polar surface area (TPSA) is 65.2 Å². The van der Waals surface area contributed by atoms with Crippen molar-refractivity contribution in [2.45, 2.75) is 6.04 Å². The van der Waals surface area contributed by atoms with E-state index >= 15 is 0 Å². The Bertz CT molecular complexity index is 884. The minimum Gasteiger partial charge on any atom is -0.329 e. The fourth-order valence-corrected chi connectivity index (χ4v) is 3.26. The van der Waals surface area contributed by atoms with Crippen molar-refractivity contribution in [2.75, 3.05) is 19.4 Å². The number of pyridine rings is 1. The molecule has 0 spiro atoms. The van der Waals surface area contributed by atoms with Crippen LogP contribution in [-0.4, -0.2) is 29.9 Å². The fraction of sp³-hybridized carbons (Fsp3) is 0.176. The maximum Gasteiger partial charge on any atom is 0.255 e. The SMILES string of the molecule is CN(C)C(C(=O)Nc1ccc2cc[nH]c(=O)c2c1)c1ccsc1. The standard InChI is InChI=1S/C17H17N3O2S/c1-20(2)15(12-6-8-23-10-12)17(22)19-13-4-3-11-5-7-18-16(21)14(11)9-13/h3-10,15H,1-2H3,(H,18,21)(H,19,22). The number of thiophene rings is 1. The maximum absolute atomic E-state index is 12.6. The highest BCUT2D eigenvalue weighted by atomic mass is 32.1. The monoisotopic (exact) mass is 327 g/mol. The number of nitrogens with zero attached hydrogens (tertiary/aromatic N) is 1. The van der Waals surface area contributed by atoms with Gasteiger partial charge in [0.25, 0.3) is 5.56 Å². The molecule has 0 fully saturated rings. The maximum atomic E-state index is 12.6. The first kappa shape index (κ1) is 15.5. The van der Waals surface area contributed by atoms with Gasteiger partial charge in [-0.25, -0.2) is 0 Å². The summed E-state index contributed by atoms with van der Waals surface area (Å²) >= 11 is 1.56. The van der Waals surface area contributed by atoms with Crippen LogP contribution in [-0.2, 0) is 4.79 Å². The summed E-state index contributed by atoms with van der Waals surface area (Å²) in [6.07, 6.45) is 1.61. The van der Waals surface area contributed by atoms with Crippen LogP contribution < -0.4 is 10.9 Å². The van der Waals surface area contributed by atoms with Crippen LogP contribution in [0.3, 0.4) is 0 Å². The molecule has 2 N–H and O–H groups in total. The molecule has 2 heterocycles. The summed E-state index contributed by atoms with van der Waals surface area (Å²) < 4.78 is 0. The highest BCUT2D eigenvalue weighted by molar-refractivity contribution is 7.08. The van der Waals surface area contributed by atoms with Crippen molar-refractivity contribution >= 4 is 33.7 Å². The quantitative estimate of drug-likeness (QED) is 0.774. The molecule has 1 amide bonds. The Balaban J connectivity index is 1.90. The summed E-state index contributed by atoms with van der Waals surface area (Å²) in [7, 11) is 3.74. The van der Waals surface area contributed by atoms with E-state index < -0.39 is 0 Å². The lowest BCUT2D eigenvalue weighted by molar-refractivity contribution is -0.120. The molecule has 0 saturated heterocycles. The molecule has 3 rings (SSSR count). The number of carbonyl (C=O) groups is 1. The molecule has 5 nitrogen and oxygen atoms in total. The van der Waals surface area contributed by atoms with Crippen molar-refractivity contribution in [1.82, 2.24) is 9.88 Å². The van der Waals surface area contributed by atoms with E-state index in [9.17, 15) is 9.59 Å². The van der Waals surface area contributed by atoms with Crippen LogP contribution in [0.1, 0.15) is 11.6 Å². The number of amides is 1. The molecule has 6 heteroatoms. The lowest BCUT2D eigenvalue weighted by Crippen LogP contribution is -2.32. The number of benzene rings is 1. The summed E-state index contributed by atoms with van der Waals surface area (Å²) in [5, 5.41) is 8.22. The number of rotatable bonds is 4. The Kier molecular flexibility index (Phi) is 4.27. The van der Waals surface area contributed by atoms with Gasteiger partial charge >= 0.3 is 0 Å². The molecule has 118 valence electrons. The molecule has 0 radical (unpaired) electrons. The average Bonchev–Trinajstić information content (AvgIpc) is 3.01. The number of nitrogens with one attached hydrogen (secondary N) is 2. The number of anilines is 1. The van der Waals surface area contributed by atoms with Gasteiger partial charge < -0.3 is 10.3 Å². The van der Waals surface area contributed by atoms with Crippen molar-refractivity contribution in [3.63, 3.8) is 0 Å². The van der Waals surface area contributed by atoms with E-state index in [1.807, 2.05) is 48.0 Å². The van der Waals surface area contributed by atoms with Gasteiger partial charge in [0.15, 0.2) is 0 Å². The Morgan fingerprint density at radius 3 is 2.78 bits per heavy atom. The second kappa shape index (κ2) is 6.36.